The smallest absolute Gasteiger partial charge is 0.339 e. The molecule has 0 amide bonds. The lowest BCUT2D eigenvalue weighted by molar-refractivity contribution is 0.0698. The Balaban J connectivity index is 2.84. The molecule has 5 heteroatoms. The van der Waals surface area contributed by atoms with Crippen molar-refractivity contribution in [2.24, 2.45) is 0 Å². The van der Waals surface area contributed by atoms with Crippen LogP contribution < -0.4 is 0 Å². The number of nitrogens with one attached hydrogen (secondary N) is 1. The number of nitrogens with zero attached hydrogens (tertiary/aromatic N) is 2. The summed E-state index contributed by atoms with van der Waals surface area (Å²) in [4.78, 5) is 14.6. The van der Waals surface area contributed by atoms with Gasteiger partial charge < -0.3 is 5.11 Å². The Morgan fingerprint density at radius 3 is 3.00 bits per heavy atom. The van der Waals surface area contributed by atoms with Crippen LogP contribution in [-0.2, 0) is 0 Å². The SMILES string of the molecule is Cc1[nH]nc2c(C(=O)O)cncc12. The van der Waals surface area contributed by atoms with Gasteiger partial charge in [0, 0.05) is 23.5 Å². The van der Waals surface area contributed by atoms with Gasteiger partial charge in [-0.05, 0) is 6.92 Å². The molecule has 2 aromatic heterocycles. The quantitative estimate of drug-likeness (QED) is 0.680. The molecule has 0 aliphatic rings. The Kier molecular flexibility index (Phi) is 1.51. The van der Waals surface area contributed by atoms with Gasteiger partial charge in [-0.3, -0.25) is 10.1 Å². The van der Waals surface area contributed by atoms with Crippen LogP contribution in [0.2, 0.25) is 0 Å². The van der Waals surface area contributed by atoms with Crippen molar-refractivity contribution in [2.45, 2.75) is 6.92 Å². The Labute approximate surface area is 73.4 Å². The van der Waals surface area contributed by atoms with E-state index in [1.807, 2.05) is 6.92 Å². The molecule has 0 radical (unpaired) electrons. The molecule has 2 N–H and O–H groups in total. The van der Waals surface area contributed by atoms with E-state index in [0.29, 0.717) is 5.52 Å². The maximum atomic E-state index is 10.7. The van der Waals surface area contributed by atoms with Gasteiger partial charge in [-0.25, -0.2) is 4.79 Å². The maximum Gasteiger partial charge on any atom is 0.339 e. The van der Waals surface area contributed by atoms with Crippen LogP contribution in [0, 0.1) is 6.92 Å². The number of aromatic nitrogens is 3. The summed E-state index contributed by atoms with van der Waals surface area (Å²) in [5.74, 6) is -1.01. The zero-order valence-corrected chi connectivity index (χ0v) is 6.90. The van der Waals surface area contributed by atoms with E-state index in [4.69, 9.17) is 5.11 Å². The van der Waals surface area contributed by atoms with Gasteiger partial charge in [0.15, 0.2) is 0 Å². The summed E-state index contributed by atoms with van der Waals surface area (Å²) >= 11 is 0. The normalized spacial score (nSPS) is 10.5. The minimum atomic E-state index is -1.01. The summed E-state index contributed by atoms with van der Waals surface area (Å²) in [5.41, 5.74) is 1.41. The van der Waals surface area contributed by atoms with Crippen LogP contribution in [0.25, 0.3) is 10.9 Å². The van der Waals surface area contributed by atoms with Gasteiger partial charge in [-0.2, -0.15) is 5.10 Å². The van der Waals surface area contributed by atoms with Crippen LogP contribution in [0.4, 0.5) is 0 Å². The molecule has 0 aromatic carbocycles. The Hall–Kier alpha value is -1.91. The number of aromatic carboxylic acids is 1. The molecule has 0 saturated heterocycles. The molecular weight excluding hydrogens is 170 g/mol. The molecule has 2 heterocycles. The van der Waals surface area contributed by atoms with Gasteiger partial charge >= 0.3 is 5.97 Å². The number of aromatic amines is 1. The van der Waals surface area contributed by atoms with Crippen LogP contribution in [-0.4, -0.2) is 26.3 Å². The number of aryl methyl sites for hydroxylation is 1. The molecule has 0 unspecified atom stereocenters. The molecular formula is C8H7N3O2. The third kappa shape index (κ3) is 1.05. The average Bonchev–Trinajstić information content (AvgIpc) is 2.48. The predicted octanol–water partition coefficient (Wildman–Crippen LogP) is 0.965. The molecule has 13 heavy (non-hydrogen) atoms. The van der Waals surface area contributed by atoms with Crippen molar-refractivity contribution in [3.05, 3.63) is 23.7 Å². The van der Waals surface area contributed by atoms with Crippen LogP contribution in [0.5, 0.6) is 0 Å². The number of hydrogen-bond acceptors (Lipinski definition) is 3. The summed E-state index contributed by atoms with van der Waals surface area (Å²) in [6.45, 7) is 1.82. The molecule has 0 atom stereocenters. The zero-order valence-electron chi connectivity index (χ0n) is 6.90. The van der Waals surface area contributed by atoms with E-state index in [9.17, 15) is 4.79 Å². The van der Waals surface area contributed by atoms with E-state index in [-0.39, 0.29) is 5.56 Å². The molecule has 2 aromatic rings. The molecule has 0 spiro atoms. The van der Waals surface area contributed by atoms with Crippen LogP contribution in [0.1, 0.15) is 16.1 Å². The monoisotopic (exact) mass is 177 g/mol. The lowest BCUT2D eigenvalue weighted by atomic mass is 10.2. The predicted molar refractivity (Wildman–Crippen MR) is 45.6 cm³/mol. The number of hydrogen-bond donors (Lipinski definition) is 2. The van der Waals surface area contributed by atoms with Crippen molar-refractivity contribution in [1.29, 1.82) is 0 Å². The van der Waals surface area contributed by atoms with Crippen molar-refractivity contribution >= 4 is 16.9 Å². The fraction of sp³-hybridized carbons (Fsp3) is 0.125. The number of rotatable bonds is 1. The summed E-state index contributed by atoms with van der Waals surface area (Å²) in [6.07, 6.45) is 2.89. The van der Waals surface area contributed by atoms with E-state index < -0.39 is 5.97 Å². The fourth-order valence-corrected chi connectivity index (χ4v) is 1.21. The van der Waals surface area contributed by atoms with Crippen molar-refractivity contribution in [1.82, 2.24) is 15.2 Å². The minimum Gasteiger partial charge on any atom is -0.478 e. The Morgan fingerprint density at radius 2 is 2.31 bits per heavy atom. The first-order valence-electron chi connectivity index (χ1n) is 3.72. The highest BCUT2D eigenvalue weighted by Gasteiger charge is 2.12. The molecule has 66 valence electrons. The highest BCUT2D eigenvalue weighted by atomic mass is 16.4. The minimum absolute atomic E-state index is 0.127. The topological polar surface area (TPSA) is 78.9 Å². The molecule has 0 aliphatic carbocycles. The van der Waals surface area contributed by atoms with Gasteiger partial charge in [0.05, 0.1) is 0 Å². The second kappa shape index (κ2) is 2.55. The molecule has 0 fully saturated rings. The fourth-order valence-electron chi connectivity index (χ4n) is 1.21. The van der Waals surface area contributed by atoms with Crippen molar-refractivity contribution in [2.75, 3.05) is 0 Å². The third-order valence-corrected chi connectivity index (χ3v) is 1.89. The number of carboxylic acids is 1. The number of fused-ring (bicyclic) bond motifs is 1. The van der Waals surface area contributed by atoms with Gasteiger partial charge in [-0.15, -0.1) is 0 Å². The average molecular weight is 177 g/mol. The summed E-state index contributed by atoms with van der Waals surface area (Å²) < 4.78 is 0. The maximum absolute atomic E-state index is 10.7. The van der Waals surface area contributed by atoms with Gasteiger partial charge in [0.1, 0.15) is 11.1 Å². The molecule has 2 rings (SSSR count). The summed E-state index contributed by atoms with van der Waals surface area (Å²) in [6, 6.07) is 0. The van der Waals surface area contributed by atoms with Crippen molar-refractivity contribution in [3.63, 3.8) is 0 Å². The highest BCUT2D eigenvalue weighted by molar-refractivity contribution is 6.01. The number of carbonyl (C=O) groups is 1. The van der Waals surface area contributed by atoms with E-state index >= 15 is 0 Å². The molecule has 0 bridgehead atoms. The largest absolute Gasteiger partial charge is 0.478 e. The second-order valence-corrected chi connectivity index (χ2v) is 2.74. The Bertz CT molecular complexity index is 475. The number of pyridine rings is 1. The van der Waals surface area contributed by atoms with Gasteiger partial charge in [0.25, 0.3) is 0 Å². The van der Waals surface area contributed by atoms with Crippen LogP contribution >= 0.6 is 0 Å². The van der Waals surface area contributed by atoms with Crippen molar-refractivity contribution < 1.29 is 9.90 Å². The number of carboxylic acid groups (broad SMARTS) is 1. The summed E-state index contributed by atoms with van der Waals surface area (Å²) in [5, 5.41) is 16.2. The van der Waals surface area contributed by atoms with Crippen LogP contribution in [0.3, 0.4) is 0 Å². The van der Waals surface area contributed by atoms with Crippen LogP contribution in [0.15, 0.2) is 12.4 Å². The standard InChI is InChI=1S/C8H7N3O2/c1-4-5-2-9-3-6(8(12)13)7(5)11-10-4/h2-3H,1H3,(H,10,11)(H,12,13). The van der Waals surface area contributed by atoms with Crippen molar-refractivity contribution in [3.8, 4) is 0 Å². The van der Waals surface area contributed by atoms with E-state index in [1.54, 1.807) is 6.20 Å². The van der Waals surface area contributed by atoms with E-state index in [1.165, 1.54) is 6.20 Å². The first-order chi connectivity index (χ1) is 6.20. The van der Waals surface area contributed by atoms with E-state index in [2.05, 4.69) is 15.2 Å². The van der Waals surface area contributed by atoms with E-state index in [0.717, 1.165) is 11.1 Å². The third-order valence-electron chi connectivity index (χ3n) is 1.89. The lowest BCUT2D eigenvalue weighted by Gasteiger charge is -1.93. The van der Waals surface area contributed by atoms with Gasteiger partial charge in [0.2, 0.25) is 0 Å². The first kappa shape index (κ1) is 7.72. The molecule has 0 aliphatic heterocycles. The highest BCUT2D eigenvalue weighted by Crippen LogP contribution is 2.17. The molecule has 5 nitrogen and oxygen atoms in total. The first-order valence-corrected chi connectivity index (χ1v) is 3.72. The molecule has 0 saturated carbocycles. The lowest BCUT2D eigenvalue weighted by Crippen LogP contribution is -1.98. The summed E-state index contributed by atoms with van der Waals surface area (Å²) in [7, 11) is 0. The number of H-pyrrole nitrogens is 1. The second-order valence-electron chi connectivity index (χ2n) is 2.74. The zero-order chi connectivity index (χ0) is 9.42. The van der Waals surface area contributed by atoms with Gasteiger partial charge in [-0.1, -0.05) is 0 Å². The Morgan fingerprint density at radius 1 is 1.54 bits per heavy atom.